The van der Waals surface area contributed by atoms with Crippen LogP contribution in [0, 0.1) is 17.0 Å². The van der Waals surface area contributed by atoms with Gasteiger partial charge in [0.25, 0.3) is 0 Å². The number of hydrogen-bond donors (Lipinski definition) is 0. The summed E-state index contributed by atoms with van der Waals surface area (Å²) in [4.78, 5) is 17.4. The van der Waals surface area contributed by atoms with Gasteiger partial charge in [0.05, 0.1) is 5.41 Å². The van der Waals surface area contributed by atoms with E-state index in [-0.39, 0.29) is 23.4 Å². The largest absolute Gasteiger partial charge is 0.381 e. The summed E-state index contributed by atoms with van der Waals surface area (Å²) < 4.78 is 33.0. The normalized spacial score (nSPS) is 28.2. The Morgan fingerprint density at radius 1 is 1.15 bits per heavy atom. The molecule has 3 aliphatic rings. The van der Waals surface area contributed by atoms with E-state index >= 15 is 0 Å². The predicted octanol–water partition coefficient (Wildman–Crippen LogP) is 2.96. The van der Waals surface area contributed by atoms with Gasteiger partial charge < -0.3 is 9.64 Å². The second-order valence-electron chi connectivity index (χ2n) is 7.89. The minimum absolute atomic E-state index is 0.113. The highest BCUT2D eigenvalue weighted by Crippen LogP contribution is 2.42. The predicted molar refractivity (Wildman–Crippen MR) is 93.5 cm³/mol. The van der Waals surface area contributed by atoms with E-state index in [1.54, 1.807) is 11.0 Å². The Bertz CT molecular complexity index is 678. The van der Waals surface area contributed by atoms with E-state index in [9.17, 15) is 13.6 Å². The molecule has 0 bridgehead atoms. The van der Waals surface area contributed by atoms with Crippen molar-refractivity contribution >= 4 is 5.91 Å². The lowest BCUT2D eigenvalue weighted by Gasteiger charge is -2.40. The molecule has 3 heterocycles. The molecule has 4 rings (SSSR count). The summed E-state index contributed by atoms with van der Waals surface area (Å²) in [5.41, 5.74) is -0.0879. The van der Waals surface area contributed by atoms with Gasteiger partial charge in [0, 0.05) is 44.5 Å². The summed E-state index contributed by atoms with van der Waals surface area (Å²) in [5, 5.41) is 0. The first kappa shape index (κ1) is 17.9. The zero-order valence-corrected chi connectivity index (χ0v) is 15.1. The highest BCUT2D eigenvalue weighted by Gasteiger charge is 2.49. The molecule has 1 atom stereocenters. The van der Waals surface area contributed by atoms with E-state index in [0.29, 0.717) is 12.6 Å². The van der Waals surface area contributed by atoms with Gasteiger partial charge in [-0.05, 0) is 44.7 Å². The molecule has 0 saturated carbocycles. The van der Waals surface area contributed by atoms with Crippen molar-refractivity contribution in [3.05, 3.63) is 35.4 Å². The molecule has 1 spiro atoms. The molecule has 4 nitrogen and oxygen atoms in total. The van der Waals surface area contributed by atoms with Crippen LogP contribution in [0.25, 0.3) is 0 Å². The van der Waals surface area contributed by atoms with Crippen LogP contribution in [0.5, 0.6) is 0 Å². The first-order chi connectivity index (χ1) is 12.6. The third-order valence-electron chi connectivity index (χ3n) is 6.31. The topological polar surface area (TPSA) is 32.8 Å². The van der Waals surface area contributed by atoms with Gasteiger partial charge in [0.15, 0.2) is 11.6 Å². The molecule has 3 aliphatic heterocycles. The standard InChI is InChI=1S/C20H26F2N2O2/c21-17-4-1-3-15(18(17)22)13-23-9-2-7-20(19(23)25)8-10-24(14-20)16-5-11-26-12-6-16/h1,3-4,16H,2,5-14H2. The number of ether oxygens (including phenoxy) is 1. The first-order valence-corrected chi connectivity index (χ1v) is 9.63. The second-order valence-corrected chi connectivity index (χ2v) is 7.89. The van der Waals surface area contributed by atoms with E-state index < -0.39 is 11.6 Å². The van der Waals surface area contributed by atoms with Crippen LogP contribution in [0.4, 0.5) is 8.78 Å². The molecule has 6 heteroatoms. The van der Waals surface area contributed by atoms with Crippen molar-refractivity contribution in [2.24, 2.45) is 5.41 Å². The molecule has 1 unspecified atom stereocenters. The maximum absolute atomic E-state index is 14.0. The maximum Gasteiger partial charge on any atom is 0.230 e. The highest BCUT2D eigenvalue weighted by molar-refractivity contribution is 5.84. The second kappa shape index (κ2) is 7.24. The molecule has 0 aromatic heterocycles. The molecule has 142 valence electrons. The van der Waals surface area contributed by atoms with Gasteiger partial charge in [-0.3, -0.25) is 9.69 Å². The molecule has 3 saturated heterocycles. The number of carbonyl (C=O) groups excluding carboxylic acids is 1. The molecular formula is C20H26F2N2O2. The third-order valence-corrected chi connectivity index (χ3v) is 6.31. The zero-order chi connectivity index (χ0) is 18.1. The highest BCUT2D eigenvalue weighted by atomic mass is 19.2. The van der Waals surface area contributed by atoms with E-state index in [0.717, 1.165) is 64.5 Å². The van der Waals surface area contributed by atoms with Crippen LogP contribution < -0.4 is 0 Å². The molecule has 3 fully saturated rings. The van der Waals surface area contributed by atoms with Gasteiger partial charge in [-0.2, -0.15) is 0 Å². The summed E-state index contributed by atoms with van der Waals surface area (Å²) in [7, 11) is 0. The van der Waals surface area contributed by atoms with Crippen molar-refractivity contribution in [3.8, 4) is 0 Å². The van der Waals surface area contributed by atoms with E-state index in [1.807, 2.05) is 0 Å². The van der Waals surface area contributed by atoms with Crippen LogP contribution in [0.2, 0.25) is 0 Å². The molecule has 0 radical (unpaired) electrons. The van der Waals surface area contributed by atoms with E-state index in [2.05, 4.69) is 4.90 Å². The molecule has 0 N–H and O–H groups in total. The van der Waals surface area contributed by atoms with Crippen LogP contribution in [-0.4, -0.2) is 54.6 Å². The van der Waals surface area contributed by atoms with Crippen LogP contribution in [-0.2, 0) is 16.1 Å². The fourth-order valence-corrected chi connectivity index (χ4v) is 4.82. The van der Waals surface area contributed by atoms with Crippen molar-refractivity contribution in [1.29, 1.82) is 0 Å². The van der Waals surface area contributed by atoms with Crippen molar-refractivity contribution in [2.75, 3.05) is 32.8 Å². The van der Waals surface area contributed by atoms with Gasteiger partial charge in [0.1, 0.15) is 0 Å². The molecule has 26 heavy (non-hydrogen) atoms. The monoisotopic (exact) mass is 364 g/mol. The number of amides is 1. The number of likely N-dealkylation sites (tertiary alicyclic amines) is 2. The number of carbonyl (C=O) groups is 1. The smallest absolute Gasteiger partial charge is 0.230 e. The zero-order valence-electron chi connectivity index (χ0n) is 15.1. The van der Waals surface area contributed by atoms with Crippen LogP contribution >= 0.6 is 0 Å². The Kier molecular flexibility index (Phi) is 4.97. The van der Waals surface area contributed by atoms with Gasteiger partial charge >= 0.3 is 0 Å². The number of halogens is 2. The molecule has 1 amide bonds. The van der Waals surface area contributed by atoms with Crippen LogP contribution in [0.3, 0.4) is 0 Å². The summed E-state index contributed by atoms with van der Waals surface area (Å²) in [5.74, 6) is -1.58. The summed E-state index contributed by atoms with van der Waals surface area (Å²) in [6.45, 7) is 4.10. The minimum atomic E-state index is -0.853. The van der Waals surface area contributed by atoms with Gasteiger partial charge in [-0.25, -0.2) is 8.78 Å². The Balaban J connectivity index is 1.47. The Morgan fingerprint density at radius 3 is 2.77 bits per heavy atom. The maximum atomic E-state index is 14.0. The van der Waals surface area contributed by atoms with Crippen molar-refractivity contribution in [2.45, 2.75) is 44.7 Å². The van der Waals surface area contributed by atoms with Crippen molar-refractivity contribution in [1.82, 2.24) is 9.80 Å². The van der Waals surface area contributed by atoms with Crippen LogP contribution in [0.15, 0.2) is 18.2 Å². The van der Waals surface area contributed by atoms with Gasteiger partial charge in [-0.1, -0.05) is 12.1 Å². The Hall–Kier alpha value is -1.53. The number of nitrogens with zero attached hydrogens (tertiary/aromatic N) is 2. The summed E-state index contributed by atoms with van der Waals surface area (Å²) >= 11 is 0. The lowest BCUT2D eigenvalue weighted by atomic mass is 9.78. The number of piperidine rings is 1. The quantitative estimate of drug-likeness (QED) is 0.827. The lowest BCUT2D eigenvalue weighted by molar-refractivity contribution is -0.146. The van der Waals surface area contributed by atoms with Gasteiger partial charge in [0.2, 0.25) is 5.91 Å². The fraction of sp³-hybridized carbons (Fsp3) is 0.650. The molecule has 1 aromatic carbocycles. The summed E-state index contributed by atoms with van der Waals surface area (Å²) in [6.07, 6.45) is 4.74. The number of rotatable bonds is 3. The molecule has 1 aromatic rings. The van der Waals surface area contributed by atoms with E-state index in [4.69, 9.17) is 4.74 Å². The summed E-state index contributed by atoms with van der Waals surface area (Å²) in [6, 6.07) is 4.68. The Morgan fingerprint density at radius 2 is 1.96 bits per heavy atom. The third kappa shape index (κ3) is 3.25. The average Bonchev–Trinajstić information content (AvgIpc) is 3.09. The van der Waals surface area contributed by atoms with E-state index in [1.165, 1.54) is 6.07 Å². The SMILES string of the molecule is O=C1N(Cc2cccc(F)c2F)CCCC12CCN(C1CCOCC1)C2. The first-order valence-electron chi connectivity index (χ1n) is 9.63. The average molecular weight is 364 g/mol. The van der Waals surface area contributed by atoms with Crippen LogP contribution in [0.1, 0.15) is 37.7 Å². The minimum Gasteiger partial charge on any atom is -0.381 e. The Labute approximate surface area is 153 Å². The fourth-order valence-electron chi connectivity index (χ4n) is 4.82. The number of hydrogen-bond acceptors (Lipinski definition) is 3. The molecular weight excluding hydrogens is 338 g/mol. The van der Waals surface area contributed by atoms with Crippen molar-refractivity contribution in [3.63, 3.8) is 0 Å². The molecule has 0 aliphatic carbocycles. The number of benzene rings is 1. The lowest BCUT2D eigenvalue weighted by Crippen LogP contribution is -2.50. The van der Waals surface area contributed by atoms with Gasteiger partial charge in [-0.15, -0.1) is 0 Å². The van der Waals surface area contributed by atoms with Crippen molar-refractivity contribution < 1.29 is 18.3 Å².